The smallest absolute Gasteiger partial charge is 0.160 e. The monoisotopic (exact) mass is 333 g/mol. The molecule has 0 saturated carbocycles. The maximum absolute atomic E-state index is 9.52. The van der Waals surface area contributed by atoms with Gasteiger partial charge < -0.3 is 5.11 Å². The largest absolute Gasteiger partial charge is 0.394 e. The minimum Gasteiger partial charge on any atom is -0.394 e. The molecule has 6 heteroatoms. The Hall–Kier alpha value is -2.73. The van der Waals surface area contributed by atoms with Crippen molar-refractivity contribution in [2.45, 2.75) is 32.9 Å². The van der Waals surface area contributed by atoms with E-state index in [1.807, 2.05) is 15.6 Å². The number of aliphatic hydroxyl groups is 1. The number of fused-ring (bicyclic) bond motifs is 4. The normalized spacial score (nSPS) is 13.4. The molecule has 0 radical (unpaired) electrons. The minimum atomic E-state index is 0.0545. The van der Waals surface area contributed by atoms with Crippen molar-refractivity contribution < 1.29 is 5.11 Å². The van der Waals surface area contributed by atoms with Gasteiger partial charge in [0.05, 0.1) is 41.3 Å². The maximum atomic E-state index is 9.52. The first-order valence-corrected chi connectivity index (χ1v) is 8.76. The minimum absolute atomic E-state index is 0.0545. The van der Waals surface area contributed by atoms with Gasteiger partial charge >= 0.3 is 0 Å². The third kappa shape index (κ3) is 1.97. The fraction of sp³-hybridized carbons (Fsp3) is 0.316. The van der Waals surface area contributed by atoms with Crippen molar-refractivity contribution in [2.75, 3.05) is 6.61 Å². The number of hydrogen-bond acceptors (Lipinski definition) is 4. The lowest BCUT2D eigenvalue weighted by molar-refractivity contribution is 0.272. The van der Waals surface area contributed by atoms with E-state index in [9.17, 15) is 5.11 Å². The number of rotatable bonds is 3. The molecule has 5 rings (SSSR count). The lowest BCUT2D eigenvalue weighted by Gasteiger charge is -2.07. The Morgan fingerprint density at radius 1 is 1.16 bits per heavy atom. The molecule has 0 spiro atoms. The van der Waals surface area contributed by atoms with E-state index in [4.69, 9.17) is 10.1 Å². The highest BCUT2D eigenvalue weighted by atomic mass is 16.3. The number of aromatic nitrogens is 5. The first-order chi connectivity index (χ1) is 12.3. The van der Waals surface area contributed by atoms with Gasteiger partial charge in [0, 0.05) is 12.1 Å². The highest BCUT2D eigenvalue weighted by Gasteiger charge is 2.25. The predicted molar refractivity (Wildman–Crippen MR) is 96.4 cm³/mol. The van der Waals surface area contributed by atoms with Crippen LogP contribution in [0, 0.1) is 0 Å². The van der Waals surface area contributed by atoms with Crippen LogP contribution < -0.4 is 0 Å². The number of nitrogens with zero attached hydrogens (tertiary/aromatic N) is 5. The third-order valence-corrected chi connectivity index (χ3v) is 5.06. The van der Waals surface area contributed by atoms with Crippen LogP contribution in [0.25, 0.3) is 33.2 Å². The molecule has 4 aromatic rings. The van der Waals surface area contributed by atoms with Gasteiger partial charge in [0.15, 0.2) is 5.65 Å². The van der Waals surface area contributed by atoms with Gasteiger partial charge in [-0.25, -0.2) is 9.67 Å². The van der Waals surface area contributed by atoms with Crippen LogP contribution in [0.2, 0.25) is 0 Å². The Kier molecular flexibility index (Phi) is 3.15. The zero-order valence-corrected chi connectivity index (χ0v) is 14.1. The number of pyridine rings is 1. The number of aryl methyl sites for hydroxylation is 3. The molecule has 3 heterocycles. The fourth-order valence-electron chi connectivity index (χ4n) is 3.94. The molecule has 25 heavy (non-hydrogen) atoms. The summed E-state index contributed by atoms with van der Waals surface area (Å²) >= 11 is 0. The molecule has 0 atom stereocenters. The maximum Gasteiger partial charge on any atom is 0.160 e. The van der Waals surface area contributed by atoms with E-state index >= 15 is 0 Å². The summed E-state index contributed by atoms with van der Waals surface area (Å²) in [5.41, 5.74) is 6.48. The number of hydrogen-bond donors (Lipinski definition) is 1. The predicted octanol–water partition coefficient (Wildman–Crippen LogP) is 2.56. The molecule has 0 aliphatic heterocycles. The molecule has 1 N–H and O–H groups in total. The highest BCUT2D eigenvalue weighted by molar-refractivity contribution is 6.09. The van der Waals surface area contributed by atoms with Crippen molar-refractivity contribution in [2.24, 2.45) is 0 Å². The van der Waals surface area contributed by atoms with Crippen LogP contribution in [-0.4, -0.2) is 36.3 Å². The van der Waals surface area contributed by atoms with Crippen molar-refractivity contribution >= 4 is 21.9 Å². The highest BCUT2D eigenvalue weighted by Crippen LogP contribution is 2.38. The lowest BCUT2D eigenvalue weighted by Crippen LogP contribution is -2.06. The quantitative estimate of drug-likeness (QED) is 0.626. The van der Waals surface area contributed by atoms with Crippen molar-refractivity contribution in [3.63, 3.8) is 0 Å². The molecule has 1 aliphatic rings. The standard InChI is InChI=1S/C19H19N5O/c1-2-23-19-14(11-20-23)18-16-15(21-19)8-7-12-5-3-4-6-13(12)17(16)22-24(18)9-10-25/h3-6,11,25H,2,7-10H2,1H3. The third-order valence-electron chi connectivity index (χ3n) is 5.06. The summed E-state index contributed by atoms with van der Waals surface area (Å²) in [7, 11) is 0. The molecule has 0 bridgehead atoms. The van der Waals surface area contributed by atoms with Crippen LogP contribution in [0.4, 0.5) is 0 Å². The molecule has 0 fully saturated rings. The van der Waals surface area contributed by atoms with Gasteiger partial charge in [-0.3, -0.25) is 4.68 Å². The second kappa shape index (κ2) is 5.39. The summed E-state index contributed by atoms with van der Waals surface area (Å²) in [6, 6.07) is 8.44. The van der Waals surface area contributed by atoms with Gasteiger partial charge in [-0.05, 0) is 25.3 Å². The van der Waals surface area contributed by atoms with Crippen LogP contribution in [0.3, 0.4) is 0 Å². The van der Waals surface area contributed by atoms with Crippen LogP contribution in [0.5, 0.6) is 0 Å². The molecule has 0 saturated heterocycles. The van der Waals surface area contributed by atoms with Gasteiger partial charge in [0.1, 0.15) is 5.69 Å². The van der Waals surface area contributed by atoms with Crippen LogP contribution in [-0.2, 0) is 25.9 Å². The topological polar surface area (TPSA) is 68.8 Å². The van der Waals surface area contributed by atoms with E-state index in [0.717, 1.165) is 52.7 Å². The fourth-order valence-corrected chi connectivity index (χ4v) is 3.94. The average Bonchev–Trinajstić information content (AvgIpc) is 3.17. The van der Waals surface area contributed by atoms with E-state index in [1.165, 1.54) is 11.1 Å². The van der Waals surface area contributed by atoms with E-state index in [0.29, 0.717) is 6.54 Å². The zero-order valence-electron chi connectivity index (χ0n) is 14.1. The Bertz CT molecular complexity index is 1110. The summed E-state index contributed by atoms with van der Waals surface area (Å²) in [6.45, 7) is 3.37. The van der Waals surface area contributed by atoms with Gasteiger partial charge in [-0.2, -0.15) is 10.2 Å². The van der Waals surface area contributed by atoms with Gasteiger partial charge in [-0.15, -0.1) is 0 Å². The second-order valence-electron chi connectivity index (χ2n) is 6.43. The molecule has 0 unspecified atom stereocenters. The summed E-state index contributed by atoms with van der Waals surface area (Å²) in [6.07, 6.45) is 3.72. The second-order valence-corrected chi connectivity index (χ2v) is 6.43. The van der Waals surface area contributed by atoms with Crippen molar-refractivity contribution in [1.29, 1.82) is 0 Å². The molecular weight excluding hydrogens is 314 g/mol. The van der Waals surface area contributed by atoms with Crippen molar-refractivity contribution in [3.05, 3.63) is 41.7 Å². The molecule has 0 amide bonds. The molecule has 126 valence electrons. The summed E-state index contributed by atoms with van der Waals surface area (Å²) < 4.78 is 3.85. The number of benzene rings is 1. The van der Waals surface area contributed by atoms with E-state index in [2.05, 4.69) is 36.3 Å². The summed E-state index contributed by atoms with van der Waals surface area (Å²) in [5.74, 6) is 0. The van der Waals surface area contributed by atoms with E-state index < -0.39 is 0 Å². The molecule has 6 nitrogen and oxygen atoms in total. The molecule has 3 aromatic heterocycles. The SMILES string of the molecule is CCn1ncc2c1nc1c3c(nn(CCO)c32)-c2ccccc2CC1. The Morgan fingerprint density at radius 3 is 2.88 bits per heavy atom. The number of aliphatic hydroxyl groups excluding tert-OH is 1. The Balaban J connectivity index is 1.95. The average molecular weight is 333 g/mol. The van der Waals surface area contributed by atoms with Gasteiger partial charge in [0.2, 0.25) is 0 Å². The first-order valence-electron chi connectivity index (χ1n) is 8.76. The first kappa shape index (κ1) is 14.6. The molecular formula is C19H19N5O. The summed E-state index contributed by atoms with van der Waals surface area (Å²) in [5, 5.41) is 21.0. The van der Waals surface area contributed by atoms with Gasteiger partial charge in [0.25, 0.3) is 0 Å². The van der Waals surface area contributed by atoms with Gasteiger partial charge in [-0.1, -0.05) is 24.3 Å². The molecule has 1 aromatic carbocycles. The lowest BCUT2D eigenvalue weighted by atomic mass is 10.0. The van der Waals surface area contributed by atoms with E-state index in [-0.39, 0.29) is 6.61 Å². The zero-order chi connectivity index (χ0) is 17.0. The summed E-state index contributed by atoms with van der Waals surface area (Å²) in [4.78, 5) is 4.97. The van der Waals surface area contributed by atoms with Crippen LogP contribution >= 0.6 is 0 Å². The van der Waals surface area contributed by atoms with Crippen LogP contribution in [0.15, 0.2) is 30.5 Å². The van der Waals surface area contributed by atoms with E-state index in [1.54, 1.807) is 0 Å². The Morgan fingerprint density at radius 2 is 2.04 bits per heavy atom. The van der Waals surface area contributed by atoms with Crippen molar-refractivity contribution in [1.82, 2.24) is 24.5 Å². The van der Waals surface area contributed by atoms with Crippen LogP contribution in [0.1, 0.15) is 18.2 Å². The van der Waals surface area contributed by atoms with Crippen molar-refractivity contribution in [3.8, 4) is 11.3 Å². The molecule has 1 aliphatic carbocycles. The Labute approximate surface area is 144 Å².